The summed E-state index contributed by atoms with van der Waals surface area (Å²) < 4.78 is 0. The first-order valence-corrected chi connectivity index (χ1v) is 5.25. The number of aryl methyl sites for hydroxylation is 2. The first kappa shape index (κ1) is 11.8. The number of hydrogen-bond acceptors (Lipinski definition) is 2. The number of hydrogen-bond donors (Lipinski definition) is 1. The summed E-state index contributed by atoms with van der Waals surface area (Å²) in [5, 5.41) is 9.37. The fraction of sp³-hybridized carbons (Fsp3) is 0.462. The normalized spacial score (nSPS) is 10.7. The van der Waals surface area contributed by atoms with E-state index in [0.717, 1.165) is 16.7 Å². The summed E-state index contributed by atoms with van der Waals surface area (Å²) in [4.78, 5) is 11.9. The highest BCUT2D eigenvalue weighted by molar-refractivity contribution is 5.99. The van der Waals surface area contributed by atoms with Gasteiger partial charge in [0.25, 0.3) is 0 Å². The average molecular weight is 206 g/mol. The van der Waals surface area contributed by atoms with Crippen LogP contribution in [-0.2, 0) is 0 Å². The zero-order valence-corrected chi connectivity index (χ0v) is 9.79. The van der Waals surface area contributed by atoms with Gasteiger partial charge in [0.2, 0.25) is 0 Å². The van der Waals surface area contributed by atoms with Crippen molar-refractivity contribution in [2.24, 2.45) is 5.92 Å². The number of carbonyl (C=O) groups is 1. The molecule has 0 heterocycles. The maximum Gasteiger partial charge on any atom is 0.163 e. The monoisotopic (exact) mass is 206 g/mol. The second-order valence-electron chi connectivity index (χ2n) is 4.48. The average Bonchev–Trinajstić information content (AvgIpc) is 1.99. The van der Waals surface area contributed by atoms with Gasteiger partial charge in [-0.25, -0.2) is 0 Å². The van der Waals surface area contributed by atoms with Crippen molar-refractivity contribution in [3.63, 3.8) is 0 Å². The van der Waals surface area contributed by atoms with Crippen LogP contribution in [0.1, 0.15) is 41.8 Å². The van der Waals surface area contributed by atoms with E-state index in [2.05, 4.69) is 0 Å². The molecule has 82 valence electrons. The molecule has 0 radical (unpaired) electrons. The third kappa shape index (κ3) is 2.82. The lowest BCUT2D eigenvalue weighted by Crippen LogP contribution is -2.07. The predicted octanol–water partition coefficient (Wildman–Crippen LogP) is 3.24. The van der Waals surface area contributed by atoms with Crippen LogP contribution in [0.25, 0.3) is 0 Å². The number of rotatable bonds is 3. The third-order valence-electron chi connectivity index (χ3n) is 2.39. The zero-order chi connectivity index (χ0) is 11.6. The Hall–Kier alpha value is -1.31. The Morgan fingerprint density at radius 1 is 1.27 bits per heavy atom. The quantitative estimate of drug-likeness (QED) is 0.771. The molecule has 1 N–H and O–H groups in total. The molecule has 0 amide bonds. The minimum atomic E-state index is 0.167. The van der Waals surface area contributed by atoms with Gasteiger partial charge in [-0.2, -0.15) is 0 Å². The minimum absolute atomic E-state index is 0.167. The lowest BCUT2D eigenvalue weighted by molar-refractivity contribution is 0.0966. The first-order valence-electron chi connectivity index (χ1n) is 5.25. The Morgan fingerprint density at radius 2 is 1.73 bits per heavy atom. The fourth-order valence-electron chi connectivity index (χ4n) is 1.85. The summed E-state index contributed by atoms with van der Waals surface area (Å²) in [7, 11) is 0. The van der Waals surface area contributed by atoms with E-state index in [1.165, 1.54) is 0 Å². The molecule has 1 rings (SSSR count). The van der Waals surface area contributed by atoms with Gasteiger partial charge in [0.15, 0.2) is 5.78 Å². The maximum absolute atomic E-state index is 11.9. The molecule has 0 aliphatic rings. The summed E-state index contributed by atoms with van der Waals surface area (Å²) in [6.45, 7) is 7.78. The Morgan fingerprint density at radius 3 is 2.13 bits per heavy atom. The van der Waals surface area contributed by atoms with E-state index in [1.54, 1.807) is 12.1 Å². The highest BCUT2D eigenvalue weighted by Crippen LogP contribution is 2.23. The van der Waals surface area contributed by atoms with Gasteiger partial charge in [0.1, 0.15) is 5.75 Å². The molecule has 0 aromatic heterocycles. The molecule has 2 nitrogen and oxygen atoms in total. The summed E-state index contributed by atoms with van der Waals surface area (Å²) in [6, 6.07) is 3.28. The van der Waals surface area contributed by atoms with Crippen LogP contribution in [0.2, 0.25) is 0 Å². The Kier molecular flexibility index (Phi) is 3.51. The summed E-state index contributed by atoms with van der Waals surface area (Å²) >= 11 is 0. The van der Waals surface area contributed by atoms with Gasteiger partial charge in [-0.15, -0.1) is 0 Å². The largest absolute Gasteiger partial charge is 0.508 e. The highest BCUT2D eigenvalue weighted by Gasteiger charge is 2.14. The predicted molar refractivity (Wildman–Crippen MR) is 61.4 cm³/mol. The molecule has 0 saturated heterocycles. The van der Waals surface area contributed by atoms with E-state index < -0.39 is 0 Å². The van der Waals surface area contributed by atoms with Crippen molar-refractivity contribution in [3.05, 3.63) is 28.8 Å². The molecule has 0 bridgehead atoms. The van der Waals surface area contributed by atoms with E-state index in [9.17, 15) is 9.90 Å². The molecule has 0 aliphatic heterocycles. The number of aromatic hydroxyl groups is 1. The highest BCUT2D eigenvalue weighted by atomic mass is 16.3. The number of ketones is 1. The first-order chi connectivity index (χ1) is 6.91. The van der Waals surface area contributed by atoms with Gasteiger partial charge in [-0.05, 0) is 43.0 Å². The molecule has 1 aromatic rings. The number of benzene rings is 1. The van der Waals surface area contributed by atoms with Crippen molar-refractivity contribution < 1.29 is 9.90 Å². The third-order valence-corrected chi connectivity index (χ3v) is 2.39. The van der Waals surface area contributed by atoms with E-state index in [4.69, 9.17) is 0 Å². The molecule has 0 atom stereocenters. The maximum atomic E-state index is 11.9. The van der Waals surface area contributed by atoms with Crippen molar-refractivity contribution >= 4 is 5.78 Å². The van der Waals surface area contributed by atoms with Crippen molar-refractivity contribution in [3.8, 4) is 5.75 Å². The SMILES string of the molecule is Cc1cc(O)cc(C)c1C(=O)CC(C)C. The summed E-state index contributed by atoms with van der Waals surface area (Å²) in [6.07, 6.45) is 0.562. The second kappa shape index (κ2) is 4.47. The van der Waals surface area contributed by atoms with Gasteiger partial charge in [-0.3, -0.25) is 4.79 Å². The van der Waals surface area contributed by atoms with E-state index in [1.807, 2.05) is 27.7 Å². The van der Waals surface area contributed by atoms with Gasteiger partial charge < -0.3 is 5.11 Å². The van der Waals surface area contributed by atoms with Gasteiger partial charge in [0.05, 0.1) is 0 Å². The number of phenolic OH excluding ortho intramolecular Hbond substituents is 1. The molecule has 1 aromatic carbocycles. The lowest BCUT2D eigenvalue weighted by Gasteiger charge is -2.10. The van der Waals surface area contributed by atoms with Crippen LogP contribution in [-0.4, -0.2) is 10.9 Å². The zero-order valence-electron chi connectivity index (χ0n) is 9.79. The molecule has 2 heteroatoms. The van der Waals surface area contributed by atoms with Crippen molar-refractivity contribution in [2.75, 3.05) is 0 Å². The molecule has 0 spiro atoms. The van der Waals surface area contributed by atoms with Gasteiger partial charge in [-0.1, -0.05) is 13.8 Å². The molecule has 0 unspecified atom stereocenters. The van der Waals surface area contributed by atoms with Gasteiger partial charge in [0, 0.05) is 12.0 Å². The standard InChI is InChI=1S/C13H18O2/c1-8(2)5-12(15)13-9(3)6-11(14)7-10(13)4/h6-8,14H,5H2,1-4H3. The van der Waals surface area contributed by atoms with Crippen LogP contribution in [0.3, 0.4) is 0 Å². The minimum Gasteiger partial charge on any atom is -0.508 e. The molecule has 15 heavy (non-hydrogen) atoms. The van der Waals surface area contributed by atoms with Crippen LogP contribution < -0.4 is 0 Å². The number of phenols is 1. The molecular formula is C13H18O2. The topological polar surface area (TPSA) is 37.3 Å². The van der Waals surface area contributed by atoms with Crippen molar-refractivity contribution in [1.82, 2.24) is 0 Å². The van der Waals surface area contributed by atoms with Crippen LogP contribution in [0.5, 0.6) is 5.75 Å². The van der Waals surface area contributed by atoms with Crippen molar-refractivity contribution in [1.29, 1.82) is 0 Å². The number of carbonyl (C=O) groups excluding carboxylic acids is 1. The van der Waals surface area contributed by atoms with E-state index in [-0.39, 0.29) is 11.5 Å². The fourth-order valence-corrected chi connectivity index (χ4v) is 1.85. The Labute approximate surface area is 90.9 Å². The van der Waals surface area contributed by atoms with E-state index in [0.29, 0.717) is 12.3 Å². The van der Waals surface area contributed by atoms with E-state index >= 15 is 0 Å². The molecule has 0 saturated carbocycles. The van der Waals surface area contributed by atoms with Gasteiger partial charge >= 0.3 is 0 Å². The van der Waals surface area contributed by atoms with Crippen LogP contribution >= 0.6 is 0 Å². The molecule has 0 fully saturated rings. The molecular weight excluding hydrogens is 188 g/mol. The molecule has 0 aliphatic carbocycles. The Bertz CT molecular complexity index is 355. The second-order valence-corrected chi connectivity index (χ2v) is 4.48. The summed E-state index contributed by atoms with van der Waals surface area (Å²) in [5.74, 6) is 0.760. The van der Waals surface area contributed by atoms with Crippen LogP contribution in [0.15, 0.2) is 12.1 Å². The summed E-state index contributed by atoms with van der Waals surface area (Å²) in [5.41, 5.74) is 2.48. The van der Waals surface area contributed by atoms with Crippen LogP contribution in [0, 0.1) is 19.8 Å². The number of Topliss-reactive ketones (excluding diaryl/α,β-unsaturated/α-hetero) is 1. The Balaban J connectivity index is 3.09. The van der Waals surface area contributed by atoms with Crippen molar-refractivity contribution in [2.45, 2.75) is 34.1 Å². The lowest BCUT2D eigenvalue weighted by atomic mass is 9.94. The smallest absolute Gasteiger partial charge is 0.163 e. The van der Waals surface area contributed by atoms with Crippen LogP contribution in [0.4, 0.5) is 0 Å².